The second-order valence-electron chi connectivity index (χ2n) is 3.49. The molecular weight excluding hydrogens is 396 g/mol. The van der Waals surface area contributed by atoms with Gasteiger partial charge in [-0.05, 0) is 0 Å². The van der Waals surface area contributed by atoms with Gasteiger partial charge in [0.15, 0.2) is 0 Å². The number of hydrogen-bond donors (Lipinski definition) is 0. The molecule has 0 amide bonds. The van der Waals surface area contributed by atoms with E-state index in [-0.39, 0.29) is 0 Å². The quantitative estimate of drug-likeness (QED) is 0.514. The minimum absolute atomic E-state index is 0.448. The van der Waals surface area contributed by atoms with E-state index in [1.54, 1.807) is 0 Å². The van der Waals surface area contributed by atoms with Crippen molar-refractivity contribution in [3.8, 4) is 0 Å². The second-order valence-corrected chi connectivity index (χ2v) is 9.67. The van der Waals surface area contributed by atoms with Gasteiger partial charge in [0.1, 0.15) is 0 Å². The van der Waals surface area contributed by atoms with E-state index in [4.69, 9.17) is 0 Å². The Labute approximate surface area is 108 Å². The minimum atomic E-state index is 0.448. The molecule has 0 radical (unpaired) electrons. The summed E-state index contributed by atoms with van der Waals surface area (Å²) in [6.07, 6.45) is 0. The molecule has 0 spiro atoms. The van der Waals surface area contributed by atoms with Gasteiger partial charge >= 0.3 is 108 Å². The second kappa shape index (κ2) is 6.37. The zero-order chi connectivity index (χ0) is 11.2. The molecule has 1 atom stereocenters. The average molecular weight is 411 g/mol. The zero-order valence-electron chi connectivity index (χ0n) is 9.15. The Morgan fingerprint density at radius 3 is 1.62 bits per heavy atom. The van der Waals surface area contributed by atoms with Crippen molar-refractivity contribution >= 4 is 6.47 Å². The van der Waals surface area contributed by atoms with Crippen LogP contribution >= 0.6 is 6.47 Å². The van der Waals surface area contributed by atoms with Crippen molar-refractivity contribution in [3.63, 3.8) is 0 Å². The fourth-order valence-corrected chi connectivity index (χ4v) is 6.47. The van der Waals surface area contributed by atoms with Crippen LogP contribution in [0.3, 0.4) is 0 Å². The van der Waals surface area contributed by atoms with Gasteiger partial charge in [0.25, 0.3) is 0 Å². The molecule has 0 aliphatic rings. The number of hydrogen-bond acceptors (Lipinski definition) is 0. The van der Waals surface area contributed by atoms with Crippen LogP contribution in [0.4, 0.5) is 0 Å². The van der Waals surface area contributed by atoms with E-state index < -0.39 is 0 Å². The van der Waals surface area contributed by atoms with Crippen LogP contribution in [-0.2, 0) is 19.2 Å². The maximum absolute atomic E-state index is 2.36. The van der Waals surface area contributed by atoms with E-state index in [9.17, 15) is 0 Å². The molecule has 87 valence electrons. The van der Waals surface area contributed by atoms with Gasteiger partial charge in [-0.1, -0.05) is 0 Å². The summed E-state index contributed by atoms with van der Waals surface area (Å²) in [6.45, 7) is 1.06. The predicted molar refractivity (Wildman–Crippen MR) is 68.9 cm³/mol. The van der Waals surface area contributed by atoms with Crippen molar-refractivity contribution in [2.45, 2.75) is 10.8 Å². The van der Waals surface area contributed by atoms with Crippen molar-refractivity contribution in [2.24, 2.45) is 0 Å². The molecule has 0 saturated carbocycles. The summed E-state index contributed by atoms with van der Waals surface area (Å²) in [5.41, 5.74) is 3.55. The van der Waals surface area contributed by atoms with Crippen molar-refractivity contribution < 1.29 is 19.2 Å². The summed E-state index contributed by atoms with van der Waals surface area (Å²) in [4.78, 5) is 0. The molecular formula is C14H15AuP. The average Bonchev–Trinajstić information content (AvgIpc) is 2.38. The molecule has 2 aromatic carbocycles. The third-order valence-electron chi connectivity index (χ3n) is 2.44. The van der Waals surface area contributed by atoms with E-state index in [0.29, 0.717) is 24.9 Å². The van der Waals surface area contributed by atoms with E-state index >= 15 is 0 Å². The first kappa shape index (κ1) is 12.1. The van der Waals surface area contributed by atoms with Crippen LogP contribution in [0.15, 0.2) is 60.7 Å². The summed E-state index contributed by atoms with van der Waals surface area (Å²) >= 11 is 0.448. The van der Waals surface area contributed by atoms with Crippen LogP contribution in [0.5, 0.6) is 0 Å². The Morgan fingerprint density at radius 2 is 1.25 bits per heavy atom. The van der Waals surface area contributed by atoms with Crippen molar-refractivity contribution in [1.82, 2.24) is 0 Å². The molecule has 0 aliphatic heterocycles. The normalized spacial score (nSPS) is 11.6. The van der Waals surface area contributed by atoms with Crippen LogP contribution in [0.1, 0.15) is 16.8 Å². The SMILES string of the molecule is [CH3][Au][PH]C(c1ccccc1)c1ccccc1. The maximum atomic E-state index is 2.36. The molecule has 0 N–H and O–H groups in total. The number of rotatable bonds is 4. The van der Waals surface area contributed by atoms with Crippen LogP contribution in [0, 0.1) is 0 Å². The summed E-state index contributed by atoms with van der Waals surface area (Å²) in [6, 6.07) is 21.8. The molecule has 0 heterocycles. The molecule has 0 aliphatic carbocycles. The van der Waals surface area contributed by atoms with Gasteiger partial charge in [-0.3, -0.25) is 0 Å². The first-order valence-electron chi connectivity index (χ1n) is 5.14. The topological polar surface area (TPSA) is 0 Å². The summed E-state index contributed by atoms with van der Waals surface area (Å²) in [7, 11) is 0. The molecule has 0 bridgehead atoms. The van der Waals surface area contributed by atoms with Gasteiger partial charge in [-0.25, -0.2) is 0 Å². The van der Waals surface area contributed by atoms with Crippen LogP contribution in [0.25, 0.3) is 0 Å². The number of benzene rings is 2. The van der Waals surface area contributed by atoms with Crippen LogP contribution in [0.2, 0.25) is 5.14 Å². The van der Waals surface area contributed by atoms with Crippen LogP contribution < -0.4 is 0 Å². The molecule has 0 fully saturated rings. The van der Waals surface area contributed by atoms with E-state index in [1.165, 1.54) is 11.1 Å². The van der Waals surface area contributed by atoms with Crippen molar-refractivity contribution in [3.05, 3.63) is 71.8 Å². The fourth-order valence-electron chi connectivity index (χ4n) is 1.67. The van der Waals surface area contributed by atoms with E-state index in [2.05, 4.69) is 65.8 Å². The molecule has 0 aromatic heterocycles. The first-order valence-corrected chi connectivity index (χ1v) is 11.4. The Balaban J connectivity index is 2.31. The fraction of sp³-hybridized carbons (Fsp3) is 0.143. The summed E-state index contributed by atoms with van der Waals surface area (Å²) < 4.78 is 0. The summed E-state index contributed by atoms with van der Waals surface area (Å²) in [5, 5.41) is 2.36. The molecule has 0 nitrogen and oxygen atoms in total. The van der Waals surface area contributed by atoms with Gasteiger partial charge in [-0.15, -0.1) is 0 Å². The molecule has 1 unspecified atom stereocenters. The van der Waals surface area contributed by atoms with Gasteiger partial charge in [-0.2, -0.15) is 0 Å². The Kier molecular flexibility index (Phi) is 4.81. The Hall–Kier alpha value is -0.390. The molecule has 2 rings (SSSR count). The monoisotopic (exact) mass is 411 g/mol. The Morgan fingerprint density at radius 1 is 0.812 bits per heavy atom. The molecule has 0 saturated heterocycles. The van der Waals surface area contributed by atoms with Crippen molar-refractivity contribution in [1.29, 1.82) is 0 Å². The van der Waals surface area contributed by atoms with E-state index in [0.717, 1.165) is 6.47 Å². The molecule has 16 heavy (non-hydrogen) atoms. The predicted octanol–water partition coefficient (Wildman–Crippen LogP) is 4.50. The molecule has 2 aromatic rings. The first-order chi connectivity index (χ1) is 7.92. The third-order valence-corrected chi connectivity index (χ3v) is 7.21. The third kappa shape index (κ3) is 3.06. The summed E-state index contributed by atoms with van der Waals surface area (Å²) in [5.74, 6) is 0. The standard InChI is InChI=1S/C13H12P.CH3.Au/c14-13(11-7-3-1-4-8-11)12-9-5-2-6-10-12;;/h1-10,13-14H;1H3;/q-1;;+1. The Bertz CT molecular complexity index is 374. The molecule has 2 heteroatoms. The van der Waals surface area contributed by atoms with Gasteiger partial charge in [0.05, 0.1) is 0 Å². The zero-order valence-corrected chi connectivity index (χ0v) is 12.3. The van der Waals surface area contributed by atoms with Gasteiger partial charge < -0.3 is 0 Å². The van der Waals surface area contributed by atoms with Gasteiger partial charge in [0, 0.05) is 0 Å². The van der Waals surface area contributed by atoms with E-state index in [1.807, 2.05) is 0 Å². The van der Waals surface area contributed by atoms with Crippen LogP contribution in [-0.4, -0.2) is 0 Å². The van der Waals surface area contributed by atoms with Gasteiger partial charge in [0.2, 0.25) is 0 Å². The van der Waals surface area contributed by atoms with Crippen molar-refractivity contribution in [2.75, 3.05) is 0 Å².